The van der Waals surface area contributed by atoms with Crippen LogP contribution in [0.25, 0.3) is 0 Å². The standard InChI is InChI=1S/C14H22O4/c1-13(17,8-15)12(16)18-14-5-9-2-10(6-14)4-11(3-9)7-14/h9-11,15,17H,2-8H2,1H3. The summed E-state index contributed by atoms with van der Waals surface area (Å²) in [6, 6.07) is 0. The Kier molecular flexibility index (Phi) is 2.72. The molecule has 102 valence electrons. The van der Waals surface area contributed by atoms with Crippen molar-refractivity contribution in [3.63, 3.8) is 0 Å². The van der Waals surface area contributed by atoms with Crippen LogP contribution >= 0.6 is 0 Å². The molecule has 4 aliphatic rings. The number of hydrogen-bond acceptors (Lipinski definition) is 4. The number of ether oxygens (including phenoxy) is 1. The lowest BCUT2D eigenvalue weighted by atomic mass is 9.54. The monoisotopic (exact) mass is 254 g/mol. The normalized spacial score (nSPS) is 44.7. The highest BCUT2D eigenvalue weighted by molar-refractivity contribution is 5.79. The zero-order valence-electron chi connectivity index (χ0n) is 10.9. The first-order valence-corrected chi connectivity index (χ1v) is 6.99. The van der Waals surface area contributed by atoms with Gasteiger partial charge in [0.05, 0.1) is 6.61 Å². The minimum Gasteiger partial charge on any atom is -0.457 e. The molecule has 4 saturated carbocycles. The molecule has 0 heterocycles. The Balaban J connectivity index is 1.74. The molecule has 0 radical (unpaired) electrons. The van der Waals surface area contributed by atoms with E-state index in [-0.39, 0.29) is 5.60 Å². The molecule has 1 unspecified atom stereocenters. The van der Waals surface area contributed by atoms with Crippen LogP contribution < -0.4 is 0 Å². The number of carbonyl (C=O) groups excluding carboxylic acids is 1. The lowest BCUT2D eigenvalue weighted by molar-refractivity contribution is -0.205. The van der Waals surface area contributed by atoms with E-state index < -0.39 is 18.2 Å². The van der Waals surface area contributed by atoms with Crippen LogP contribution in [0.1, 0.15) is 45.4 Å². The first kappa shape index (κ1) is 12.4. The van der Waals surface area contributed by atoms with E-state index in [1.54, 1.807) is 0 Å². The van der Waals surface area contributed by atoms with Crippen LogP contribution in [-0.2, 0) is 9.53 Å². The number of esters is 1. The molecule has 4 fully saturated rings. The van der Waals surface area contributed by atoms with Gasteiger partial charge in [-0.1, -0.05) is 0 Å². The topological polar surface area (TPSA) is 66.8 Å². The van der Waals surface area contributed by atoms with Crippen molar-refractivity contribution in [2.24, 2.45) is 17.8 Å². The third-order valence-corrected chi connectivity index (χ3v) is 5.04. The molecule has 4 bridgehead atoms. The van der Waals surface area contributed by atoms with Crippen LogP contribution in [-0.4, -0.2) is 34.0 Å². The molecule has 0 aromatic rings. The van der Waals surface area contributed by atoms with Crippen molar-refractivity contribution in [1.82, 2.24) is 0 Å². The van der Waals surface area contributed by atoms with Crippen LogP contribution in [0.3, 0.4) is 0 Å². The molecule has 18 heavy (non-hydrogen) atoms. The van der Waals surface area contributed by atoms with Gasteiger partial charge in [-0.15, -0.1) is 0 Å². The number of hydrogen-bond donors (Lipinski definition) is 2. The second kappa shape index (κ2) is 3.94. The van der Waals surface area contributed by atoms with E-state index in [1.807, 2.05) is 0 Å². The maximum Gasteiger partial charge on any atom is 0.340 e. The fourth-order valence-electron chi connectivity index (χ4n) is 4.53. The molecule has 0 saturated heterocycles. The van der Waals surface area contributed by atoms with Crippen molar-refractivity contribution in [2.75, 3.05) is 6.61 Å². The highest BCUT2D eigenvalue weighted by Crippen LogP contribution is 2.57. The summed E-state index contributed by atoms with van der Waals surface area (Å²) >= 11 is 0. The third kappa shape index (κ3) is 1.95. The Labute approximate surface area is 107 Å². The number of rotatable bonds is 3. The third-order valence-electron chi connectivity index (χ3n) is 5.04. The van der Waals surface area contributed by atoms with E-state index in [0.717, 1.165) is 19.3 Å². The lowest BCUT2D eigenvalue weighted by Gasteiger charge is -2.56. The van der Waals surface area contributed by atoms with Crippen LogP contribution in [0, 0.1) is 17.8 Å². The predicted molar refractivity (Wildman–Crippen MR) is 64.7 cm³/mol. The summed E-state index contributed by atoms with van der Waals surface area (Å²) in [7, 11) is 0. The SMILES string of the molecule is CC(O)(CO)C(=O)OC12CC3CC(CC(C3)C1)C2. The fourth-order valence-corrected chi connectivity index (χ4v) is 4.53. The molecule has 4 heteroatoms. The van der Waals surface area contributed by atoms with Gasteiger partial charge in [-0.25, -0.2) is 4.79 Å². The summed E-state index contributed by atoms with van der Waals surface area (Å²) in [6.07, 6.45) is 6.71. The van der Waals surface area contributed by atoms with Crippen molar-refractivity contribution in [3.8, 4) is 0 Å². The van der Waals surface area contributed by atoms with Gasteiger partial charge in [0.2, 0.25) is 0 Å². The first-order chi connectivity index (χ1) is 8.42. The van der Waals surface area contributed by atoms with Crippen molar-refractivity contribution < 1.29 is 19.7 Å². The largest absolute Gasteiger partial charge is 0.457 e. The maximum atomic E-state index is 11.9. The van der Waals surface area contributed by atoms with E-state index in [4.69, 9.17) is 9.84 Å². The predicted octanol–water partition coefficient (Wildman–Crippen LogP) is 1.24. The molecule has 0 aromatic carbocycles. The van der Waals surface area contributed by atoms with Gasteiger partial charge in [0.25, 0.3) is 0 Å². The summed E-state index contributed by atoms with van der Waals surface area (Å²) < 4.78 is 5.66. The van der Waals surface area contributed by atoms with E-state index in [9.17, 15) is 9.90 Å². The van der Waals surface area contributed by atoms with E-state index >= 15 is 0 Å². The lowest BCUT2D eigenvalue weighted by Crippen LogP contribution is -2.55. The van der Waals surface area contributed by atoms with Crippen LogP contribution in [0.4, 0.5) is 0 Å². The molecule has 4 nitrogen and oxygen atoms in total. The van der Waals surface area contributed by atoms with E-state index in [0.29, 0.717) is 17.8 Å². The summed E-state index contributed by atoms with van der Waals surface area (Å²) in [4.78, 5) is 11.9. The highest BCUT2D eigenvalue weighted by atomic mass is 16.6. The van der Waals surface area contributed by atoms with Gasteiger partial charge < -0.3 is 14.9 Å². The molecule has 1 atom stereocenters. The minimum absolute atomic E-state index is 0.342. The molecule has 4 rings (SSSR count). The molecule has 0 spiro atoms. The first-order valence-electron chi connectivity index (χ1n) is 6.99. The summed E-state index contributed by atoms with van der Waals surface area (Å²) in [5.74, 6) is 1.43. The van der Waals surface area contributed by atoms with Crippen LogP contribution in [0.5, 0.6) is 0 Å². The number of carbonyl (C=O) groups is 1. The van der Waals surface area contributed by atoms with Crippen molar-refractivity contribution in [2.45, 2.75) is 56.7 Å². The van der Waals surface area contributed by atoms with Gasteiger partial charge in [-0.2, -0.15) is 0 Å². The van der Waals surface area contributed by atoms with Crippen molar-refractivity contribution in [1.29, 1.82) is 0 Å². The molecule has 4 aliphatic carbocycles. The summed E-state index contributed by atoms with van der Waals surface area (Å²) in [5, 5.41) is 18.8. The smallest absolute Gasteiger partial charge is 0.340 e. The second-order valence-corrected chi connectivity index (χ2v) is 6.92. The summed E-state index contributed by atoms with van der Waals surface area (Å²) in [5.41, 5.74) is -2.10. The molecule has 0 aromatic heterocycles. The quantitative estimate of drug-likeness (QED) is 0.744. The maximum absolute atomic E-state index is 11.9. The van der Waals surface area contributed by atoms with Gasteiger partial charge in [0, 0.05) is 0 Å². The Morgan fingerprint density at radius 2 is 1.67 bits per heavy atom. The molecule has 0 amide bonds. The second-order valence-electron chi connectivity index (χ2n) is 6.92. The number of aliphatic hydroxyl groups excluding tert-OH is 1. The van der Waals surface area contributed by atoms with Crippen molar-refractivity contribution in [3.05, 3.63) is 0 Å². The zero-order chi connectivity index (χ0) is 13.0. The zero-order valence-corrected chi connectivity index (χ0v) is 10.9. The minimum atomic E-state index is -1.76. The van der Waals surface area contributed by atoms with Gasteiger partial charge >= 0.3 is 5.97 Å². The Bertz CT molecular complexity index is 326. The Morgan fingerprint density at radius 1 is 1.22 bits per heavy atom. The molecular weight excluding hydrogens is 232 g/mol. The van der Waals surface area contributed by atoms with E-state index in [1.165, 1.54) is 26.2 Å². The van der Waals surface area contributed by atoms with Crippen LogP contribution in [0.2, 0.25) is 0 Å². The van der Waals surface area contributed by atoms with Gasteiger partial charge in [0.15, 0.2) is 5.60 Å². The van der Waals surface area contributed by atoms with Gasteiger partial charge in [0.1, 0.15) is 5.60 Å². The van der Waals surface area contributed by atoms with E-state index in [2.05, 4.69) is 0 Å². The molecular formula is C14H22O4. The fraction of sp³-hybridized carbons (Fsp3) is 0.929. The average Bonchev–Trinajstić information content (AvgIpc) is 2.26. The van der Waals surface area contributed by atoms with Crippen LogP contribution in [0.15, 0.2) is 0 Å². The van der Waals surface area contributed by atoms with Crippen molar-refractivity contribution >= 4 is 5.97 Å². The average molecular weight is 254 g/mol. The Hall–Kier alpha value is -0.610. The molecule has 0 aliphatic heterocycles. The van der Waals surface area contributed by atoms with Gasteiger partial charge in [-0.3, -0.25) is 0 Å². The summed E-state index contributed by atoms with van der Waals surface area (Å²) in [6.45, 7) is 0.730. The Morgan fingerprint density at radius 3 is 2.06 bits per heavy atom. The highest BCUT2D eigenvalue weighted by Gasteiger charge is 2.54. The molecule has 2 N–H and O–H groups in total. The number of aliphatic hydroxyl groups is 2. The van der Waals surface area contributed by atoms with Gasteiger partial charge in [-0.05, 0) is 63.2 Å².